The van der Waals surface area contributed by atoms with Gasteiger partial charge in [0.25, 0.3) is 0 Å². The third kappa shape index (κ3) is 5.58. The number of rotatable bonds is 6. The molecule has 2 amide bonds. The van der Waals surface area contributed by atoms with Gasteiger partial charge in [-0.05, 0) is 36.5 Å². The molecule has 2 N–H and O–H groups in total. The molecule has 0 aromatic heterocycles. The molecule has 0 saturated carbocycles. The van der Waals surface area contributed by atoms with Gasteiger partial charge in [0.2, 0.25) is 0 Å². The summed E-state index contributed by atoms with van der Waals surface area (Å²) in [4.78, 5) is 23.5. The second kappa shape index (κ2) is 8.73. The van der Waals surface area contributed by atoms with E-state index in [9.17, 15) is 9.59 Å². The Morgan fingerprint density at radius 3 is 2.26 bits per heavy atom. The van der Waals surface area contributed by atoms with Gasteiger partial charge in [-0.15, -0.1) is 0 Å². The molecule has 0 aliphatic carbocycles. The lowest BCUT2D eigenvalue weighted by Gasteiger charge is -2.08. The van der Waals surface area contributed by atoms with Crippen molar-refractivity contribution in [1.29, 1.82) is 0 Å². The predicted octanol–water partition coefficient (Wildman–Crippen LogP) is 2.36. The van der Waals surface area contributed by atoms with Crippen molar-refractivity contribution in [1.82, 2.24) is 10.6 Å². The van der Waals surface area contributed by atoms with E-state index in [1.807, 2.05) is 49.4 Å². The van der Waals surface area contributed by atoms with Gasteiger partial charge in [0.1, 0.15) is 0 Å². The van der Waals surface area contributed by atoms with Crippen molar-refractivity contribution < 1.29 is 9.59 Å². The maximum Gasteiger partial charge on any atom is 0.309 e. The van der Waals surface area contributed by atoms with Gasteiger partial charge in [0, 0.05) is 13.1 Å². The molecule has 0 bridgehead atoms. The van der Waals surface area contributed by atoms with Crippen LogP contribution in [0.1, 0.15) is 23.1 Å². The molecule has 0 spiro atoms. The van der Waals surface area contributed by atoms with E-state index in [0.29, 0.717) is 13.1 Å². The summed E-state index contributed by atoms with van der Waals surface area (Å²) in [6.45, 7) is 2.83. The van der Waals surface area contributed by atoms with Crippen LogP contribution in [0.4, 0.5) is 0 Å². The minimum Gasteiger partial charge on any atom is -0.348 e. The molecular formula is C19H22N2O2. The summed E-state index contributed by atoms with van der Waals surface area (Å²) < 4.78 is 0. The fraction of sp³-hybridized carbons (Fsp3) is 0.263. The standard InChI is InChI=1S/C19H22N2O2/c1-15-8-5-6-12-17(15)14-21-19(23)18(22)20-13-7-11-16-9-3-2-4-10-16/h2-6,8-10,12H,7,11,13-14H2,1H3,(H,20,22)(H,21,23). The monoisotopic (exact) mass is 310 g/mol. The predicted molar refractivity (Wildman–Crippen MR) is 90.8 cm³/mol. The molecule has 0 atom stereocenters. The van der Waals surface area contributed by atoms with Gasteiger partial charge in [-0.2, -0.15) is 0 Å². The lowest BCUT2D eigenvalue weighted by atomic mass is 10.1. The summed E-state index contributed by atoms with van der Waals surface area (Å²) in [5, 5.41) is 5.30. The molecule has 4 nitrogen and oxygen atoms in total. The van der Waals surface area contributed by atoms with E-state index in [-0.39, 0.29) is 0 Å². The van der Waals surface area contributed by atoms with Crippen molar-refractivity contribution in [2.45, 2.75) is 26.3 Å². The minimum atomic E-state index is -0.590. The zero-order chi connectivity index (χ0) is 16.5. The van der Waals surface area contributed by atoms with Crippen LogP contribution >= 0.6 is 0 Å². The Kier molecular flexibility index (Phi) is 6.36. The maximum atomic E-state index is 11.8. The molecule has 0 aliphatic rings. The maximum absolute atomic E-state index is 11.8. The van der Waals surface area contributed by atoms with Gasteiger partial charge in [-0.1, -0.05) is 54.6 Å². The van der Waals surface area contributed by atoms with E-state index in [1.54, 1.807) is 0 Å². The van der Waals surface area contributed by atoms with E-state index < -0.39 is 11.8 Å². The Morgan fingerprint density at radius 1 is 0.870 bits per heavy atom. The van der Waals surface area contributed by atoms with Crippen molar-refractivity contribution in [2.24, 2.45) is 0 Å². The van der Waals surface area contributed by atoms with Gasteiger partial charge in [0.15, 0.2) is 0 Å². The summed E-state index contributed by atoms with van der Waals surface area (Å²) in [6.07, 6.45) is 1.69. The van der Waals surface area contributed by atoms with Crippen LogP contribution in [0.2, 0.25) is 0 Å². The third-order valence-corrected chi connectivity index (χ3v) is 3.68. The van der Waals surface area contributed by atoms with Gasteiger partial charge >= 0.3 is 11.8 Å². The van der Waals surface area contributed by atoms with Gasteiger partial charge in [-0.25, -0.2) is 0 Å². The third-order valence-electron chi connectivity index (χ3n) is 3.68. The second-order valence-corrected chi connectivity index (χ2v) is 5.45. The molecule has 0 fully saturated rings. The minimum absolute atomic E-state index is 0.364. The molecule has 120 valence electrons. The topological polar surface area (TPSA) is 58.2 Å². The average molecular weight is 310 g/mol. The number of hydrogen-bond acceptors (Lipinski definition) is 2. The van der Waals surface area contributed by atoms with Crippen molar-refractivity contribution in [3.63, 3.8) is 0 Å². The summed E-state index contributed by atoms with van der Waals surface area (Å²) in [6, 6.07) is 17.8. The SMILES string of the molecule is Cc1ccccc1CNC(=O)C(=O)NCCCc1ccccc1. The highest BCUT2D eigenvalue weighted by Gasteiger charge is 2.12. The number of benzene rings is 2. The van der Waals surface area contributed by atoms with Crippen LogP contribution in [-0.4, -0.2) is 18.4 Å². The number of carbonyl (C=O) groups is 2. The van der Waals surface area contributed by atoms with E-state index >= 15 is 0 Å². The molecule has 0 radical (unpaired) electrons. The second-order valence-electron chi connectivity index (χ2n) is 5.45. The summed E-state index contributed by atoms with van der Waals surface area (Å²) in [5.41, 5.74) is 3.33. The Hall–Kier alpha value is -2.62. The molecule has 0 heterocycles. The van der Waals surface area contributed by atoms with Crippen molar-refractivity contribution >= 4 is 11.8 Å². The van der Waals surface area contributed by atoms with Crippen LogP contribution in [0, 0.1) is 6.92 Å². The zero-order valence-corrected chi connectivity index (χ0v) is 13.3. The molecular weight excluding hydrogens is 288 g/mol. The molecule has 0 saturated heterocycles. The lowest BCUT2D eigenvalue weighted by Crippen LogP contribution is -2.40. The number of aryl methyl sites for hydroxylation is 2. The van der Waals surface area contributed by atoms with Crippen LogP contribution in [-0.2, 0) is 22.6 Å². The first-order valence-electron chi connectivity index (χ1n) is 7.81. The first-order chi connectivity index (χ1) is 11.2. The van der Waals surface area contributed by atoms with Crippen LogP contribution in [0.15, 0.2) is 54.6 Å². The Balaban J connectivity index is 1.67. The number of amides is 2. The molecule has 23 heavy (non-hydrogen) atoms. The van der Waals surface area contributed by atoms with Crippen molar-refractivity contribution in [3.05, 3.63) is 71.3 Å². The van der Waals surface area contributed by atoms with Gasteiger partial charge in [0.05, 0.1) is 0 Å². The zero-order valence-electron chi connectivity index (χ0n) is 13.3. The smallest absolute Gasteiger partial charge is 0.309 e. The highest BCUT2D eigenvalue weighted by atomic mass is 16.2. The van der Waals surface area contributed by atoms with E-state index in [4.69, 9.17) is 0 Å². The molecule has 0 aliphatic heterocycles. The number of hydrogen-bond donors (Lipinski definition) is 2. The van der Waals surface area contributed by atoms with Gasteiger partial charge < -0.3 is 10.6 Å². The van der Waals surface area contributed by atoms with Crippen molar-refractivity contribution in [2.75, 3.05) is 6.54 Å². The molecule has 4 heteroatoms. The molecule has 0 unspecified atom stereocenters. The first-order valence-corrected chi connectivity index (χ1v) is 7.81. The number of nitrogens with one attached hydrogen (secondary N) is 2. The summed E-state index contributed by atoms with van der Waals surface area (Å²) in [5.74, 6) is -1.17. The Morgan fingerprint density at radius 2 is 1.52 bits per heavy atom. The van der Waals surface area contributed by atoms with E-state index in [2.05, 4.69) is 22.8 Å². The molecule has 2 aromatic rings. The first kappa shape index (κ1) is 16.7. The lowest BCUT2D eigenvalue weighted by molar-refractivity contribution is -0.139. The van der Waals surface area contributed by atoms with Crippen LogP contribution in [0.5, 0.6) is 0 Å². The fourth-order valence-electron chi connectivity index (χ4n) is 2.28. The van der Waals surface area contributed by atoms with Gasteiger partial charge in [-0.3, -0.25) is 9.59 Å². The van der Waals surface area contributed by atoms with E-state index in [0.717, 1.165) is 24.0 Å². The highest BCUT2D eigenvalue weighted by molar-refractivity contribution is 6.35. The Labute approximate surface area is 136 Å². The number of carbonyl (C=O) groups excluding carboxylic acids is 2. The largest absolute Gasteiger partial charge is 0.348 e. The van der Waals surface area contributed by atoms with Crippen LogP contribution < -0.4 is 10.6 Å². The van der Waals surface area contributed by atoms with E-state index in [1.165, 1.54) is 5.56 Å². The summed E-state index contributed by atoms with van der Waals surface area (Å²) in [7, 11) is 0. The highest BCUT2D eigenvalue weighted by Crippen LogP contribution is 2.06. The summed E-state index contributed by atoms with van der Waals surface area (Å²) >= 11 is 0. The molecule has 2 rings (SSSR count). The average Bonchev–Trinajstić information content (AvgIpc) is 2.58. The Bertz CT molecular complexity index is 653. The van der Waals surface area contributed by atoms with Crippen LogP contribution in [0.3, 0.4) is 0 Å². The fourth-order valence-corrected chi connectivity index (χ4v) is 2.28. The molecule has 2 aromatic carbocycles. The normalized spacial score (nSPS) is 10.1. The van der Waals surface area contributed by atoms with Crippen LogP contribution in [0.25, 0.3) is 0 Å². The quantitative estimate of drug-likeness (QED) is 0.635. The van der Waals surface area contributed by atoms with Crippen molar-refractivity contribution in [3.8, 4) is 0 Å².